The molecule has 1 atom stereocenters. The number of rotatable bonds is 5. The lowest BCUT2D eigenvalue weighted by Crippen LogP contribution is -2.40. The number of thiazole rings is 1. The number of hydrogen-bond donors (Lipinski definition) is 1. The third-order valence-electron chi connectivity index (χ3n) is 4.38. The summed E-state index contributed by atoms with van der Waals surface area (Å²) in [5.41, 5.74) is 6.50. The van der Waals surface area contributed by atoms with Gasteiger partial charge in [0.25, 0.3) is 6.43 Å². The maximum atomic E-state index is 12.5. The SMILES string of the molecule is NC(=O)C(c1nc2ccccc2s1)C1CCN(CC(F)F)CC1. The highest BCUT2D eigenvalue weighted by Gasteiger charge is 2.34. The fraction of sp³-hybridized carbons (Fsp3) is 0.500. The molecule has 1 aromatic heterocycles. The summed E-state index contributed by atoms with van der Waals surface area (Å²) in [6.07, 6.45) is -0.935. The van der Waals surface area contributed by atoms with E-state index in [0.29, 0.717) is 25.9 Å². The quantitative estimate of drug-likeness (QED) is 0.911. The minimum absolute atomic E-state index is 0.0713. The molecule has 1 unspecified atom stereocenters. The van der Waals surface area contributed by atoms with Crippen LogP contribution in [0.1, 0.15) is 23.8 Å². The molecule has 1 fully saturated rings. The Balaban J connectivity index is 1.76. The van der Waals surface area contributed by atoms with E-state index in [0.717, 1.165) is 15.2 Å². The Morgan fingerprint density at radius 1 is 1.35 bits per heavy atom. The highest BCUT2D eigenvalue weighted by molar-refractivity contribution is 7.18. The average Bonchev–Trinajstić information content (AvgIpc) is 2.91. The van der Waals surface area contributed by atoms with Crippen LogP contribution in [0.5, 0.6) is 0 Å². The van der Waals surface area contributed by atoms with E-state index >= 15 is 0 Å². The van der Waals surface area contributed by atoms with Crippen molar-refractivity contribution in [3.05, 3.63) is 29.3 Å². The van der Waals surface area contributed by atoms with Gasteiger partial charge in [0.1, 0.15) is 5.01 Å². The van der Waals surface area contributed by atoms with Crippen molar-refractivity contribution in [3.63, 3.8) is 0 Å². The third kappa shape index (κ3) is 3.67. The molecular weight excluding hydrogens is 320 g/mol. The van der Waals surface area contributed by atoms with Gasteiger partial charge in [-0.25, -0.2) is 13.8 Å². The van der Waals surface area contributed by atoms with Crippen LogP contribution in [0.25, 0.3) is 10.2 Å². The Hall–Kier alpha value is -1.60. The minimum atomic E-state index is -2.32. The molecule has 0 radical (unpaired) electrons. The van der Waals surface area contributed by atoms with E-state index in [1.807, 2.05) is 24.3 Å². The number of nitrogens with two attached hydrogens (primary N) is 1. The van der Waals surface area contributed by atoms with Crippen LogP contribution in [-0.4, -0.2) is 41.9 Å². The summed E-state index contributed by atoms with van der Waals surface area (Å²) < 4.78 is 26.0. The number of halogens is 2. The topological polar surface area (TPSA) is 59.2 Å². The molecular formula is C16H19F2N3OS. The summed E-state index contributed by atoms with van der Waals surface area (Å²) in [6, 6.07) is 7.73. The molecule has 1 saturated heterocycles. The molecule has 4 nitrogen and oxygen atoms in total. The number of primary amides is 1. The van der Waals surface area contributed by atoms with Gasteiger partial charge in [0.2, 0.25) is 5.91 Å². The molecule has 0 saturated carbocycles. The van der Waals surface area contributed by atoms with E-state index in [1.165, 1.54) is 11.3 Å². The second-order valence-electron chi connectivity index (χ2n) is 5.93. The fourth-order valence-corrected chi connectivity index (χ4v) is 4.41. The number of nitrogens with zero attached hydrogens (tertiary/aromatic N) is 2. The second-order valence-corrected chi connectivity index (χ2v) is 6.99. The van der Waals surface area contributed by atoms with E-state index in [1.54, 1.807) is 4.90 Å². The van der Waals surface area contributed by atoms with Crippen LogP contribution >= 0.6 is 11.3 Å². The molecule has 0 spiro atoms. The van der Waals surface area contributed by atoms with E-state index in [2.05, 4.69) is 4.98 Å². The van der Waals surface area contributed by atoms with Crippen LogP contribution in [0.3, 0.4) is 0 Å². The number of para-hydroxylation sites is 1. The van der Waals surface area contributed by atoms with Gasteiger partial charge in [-0.05, 0) is 44.0 Å². The zero-order chi connectivity index (χ0) is 16.4. The number of amides is 1. The first-order chi connectivity index (χ1) is 11.0. The molecule has 7 heteroatoms. The highest BCUT2D eigenvalue weighted by atomic mass is 32.1. The van der Waals surface area contributed by atoms with Gasteiger partial charge in [-0.1, -0.05) is 12.1 Å². The molecule has 124 valence electrons. The van der Waals surface area contributed by atoms with Crippen LogP contribution in [0.2, 0.25) is 0 Å². The van der Waals surface area contributed by atoms with Gasteiger partial charge in [0, 0.05) is 0 Å². The number of carbonyl (C=O) groups excluding carboxylic acids is 1. The van der Waals surface area contributed by atoms with E-state index < -0.39 is 12.3 Å². The first kappa shape index (κ1) is 16.3. The minimum Gasteiger partial charge on any atom is -0.369 e. The largest absolute Gasteiger partial charge is 0.369 e. The average molecular weight is 339 g/mol. The smallest absolute Gasteiger partial charge is 0.251 e. The number of likely N-dealkylation sites (tertiary alicyclic amines) is 1. The first-order valence-corrected chi connectivity index (χ1v) is 8.51. The monoisotopic (exact) mass is 339 g/mol. The Bertz CT molecular complexity index is 650. The lowest BCUT2D eigenvalue weighted by Gasteiger charge is -2.34. The van der Waals surface area contributed by atoms with Gasteiger partial charge < -0.3 is 5.73 Å². The number of piperidine rings is 1. The highest BCUT2D eigenvalue weighted by Crippen LogP contribution is 2.36. The van der Waals surface area contributed by atoms with Crippen molar-refractivity contribution in [1.29, 1.82) is 0 Å². The van der Waals surface area contributed by atoms with Crippen molar-refractivity contribution >= 4 is 27.5 Å². The van der Waals surface area contributed by atoms with Crippen LogP contribution in [0.15, 0.2) is 24.3 Å². The van der Waals surface area contributed by atoms with Crippen LogP contribution < -0.4 is 5.73 Å². The van der Waals surface area contributed by atoms with Crippen molar-refractivity contribution in [3.8, 4) is 0 Å². The molecule has 2 aromatic rings. The lowest BCUT2D eigenvalue weighted by molar-refractivity contribution is -0.121. The molecule has 0 bridgehead atoms. The zero-order valence-electron chi connectivity index (χ0n) is 12.6. The van der Waals surface area contributed by atoms with Crippen molar-refractivity contribution in [2.24, 2.45) is 11.7 Å². The van der Waals surface area contributed by atoms with Gasteiger partial charge in [-0.3, -0.25) is 9.69 Å². The number of benzene rings is 1. The summed E-state index contributed by atoms with van der Waals surface area (Å²) in [6.45, 7) is 0.947. The van der Waals surface area contributed by atoms with Crippen LogP contribution in [0.4, 0.5) is 8.78 Å². The molecule has 0 aliphatic carbocycles. The lowest BCUT2D eigenvalue weighted by atomic mass is 9.84. The molecule has 1 amide bonds. The molecule has 2 N–H and O–H groups in total. The first-order valence-electron chi connectivity index (χ1n) is 7.70. The molecule has 23 heavy (non-hydrogen) atoms. The van der Waals surface area contributed by atoms with Crippen LogP contribution in [-0.2, 0) is 4.79 Å². The molecule has 3 rings (SSSR count). The number of fused-ring (bicyclic) bond motifs is 1. The van der Waals surface area contributed by atoms with Crippen molar-refractivity contribution < 1.29 is 13.6 Å². The summed E-state index contributed by atoms with van der Waals surface area (Å²) in [5, 5.41) is 0.742. The fourth-order valence-electron chi connectivity index (χ4n) is 3.24. The number of hydrogen-bond acceptors (Lipinski definition) is 4. The van der Waals surface area contributed by atoms with Crippen molar-refractivity contribution in [2.45, 2.75) is 25.2 Å². The summed E-state index contributed by atoms with van der Waals surface area (Å²) in [5.74, 6) is -0.737. The summed E-state index contributed by atoms with van der Waals surface area (Å²) in [7, 11) is 0. The maximum absolute atomic E-state index is 12.5. The summed E-state index contributed by atoms with van der Waals surface area (Å²) >= 11 is 1.49. The number of alkyl halides is 2. The Kier molecular flexibility index (Phi) is 4.87. The molecule has 1 aromatic carbocycles. The van der Waals surface area contributed by atoms with Gasteiger partial charge in [0.05, 0.1) is 22.7 Å². The van der Waals surface area contributed by atoms with E-state index in [9.17, 15) is 13.6 Å². The Labute approximate surface area is 137 Å². The maximum Gasteiger partial charge on any atom is 0.251 e. The van der Waals surface area contributed by atoms with Gasteiger partial charge >= 0.3 is 0 Å². The third-order valence-corrected chi connectivity index (χ3v) is 5.50. The number of aromatic nitrogens is 1. The van der Waals surface area contributed by atoms with Gasteiger partial charge in [-0.2, -0.15) is 0 Å². The van der Waals surface area contributed by atoms with E-state index in [4.69, 9.17) is 5.73 Å². The zero-order valence-corrected chi connectivity index (χ0v) is 13.4. The Morgan fingerprint density at radius 2 is 2.04 bits per heavy atom. The predicted molar refractivity (Wildman–Crippen MR) is 86.7 cm³/mol. The summed E-state index contributed by atoms with van der Waals surface area (Å²) in [4.78, 5) is 18.3. The van der Waals surface area contributed by atoms with Gasteiger partial charge in [0.15, 0.2) is 0 Å². The molecule has 1 aliphatic heterocycles. The predicted octanol–water partition coefficient (Wildman–Crippen LogP) is 2.84. The normalized spacial score (nSPS) is 18.6. The van der Waals surface area contributed by atoms with E-state index in [-0.39, 0.29) is 18.4 Å². The standard InChI is InChI=1S/C16H19F2N3OS/c17-13(18)9-21-7-5-10(6-8-21)14(15(19)22)16-20-11-3-1-2-4-12(11)23-16/h1-4,10,13-14H,5-9H2,(H2,19,22). The second kappa shape index (κ2) is 6.88. The number of carbonyl (C=O) groups is 1. The Morgan fingerprint density at radius 3 is 2.65 bits per heavy atom. The molecule has 2 heterocycles. The van der Waals surface area contributed by atoms with Crippen molar-refractivity contribution in [2.75, 3.05) is 19.6 Å². The van der Waals surface area contributed by atoms with Gasteiger partial charge in [-0.15, -0.1) is 11.3 Å². The molecule has 1 aliphatic rings. The van der Waals surface area contributed by atoms with Crippen molar-refractivity contribution in [1.82, 2.24) is 9.88 Å². The van der Waals surface area contributed by atoms with Crippen LogP contribution in [0, 0.1) is 5.92 Å².